The molecule has 25 heavy (non-hydrogen) atoms. The molecule has 3 N–H and O–H groups in total. The van der Waals surface area contributed by atoms with Gasteiger partial charge in [-0.2, -0.15) is 0 Å². The predicted molar refractivity (Wildman–Crippen MR) is 96.2 cm³/mol. The molecule has 0 radical (unpaired) electrons. The fourth-order valence-electron chi connectivity index (χ4n) is 3.49. The number of anilines is 1. The van der Waals surface area contributed by atoms with Crippen LogP contribution in [0.1, 0.15) is 31.5 Å². The van der Waals surface area contributed by atoms with Gasteiger partial charge in [0.25, 0.3) is 0 Å². The first-order chi connectivity index (χ1) is 12.1. The minimum atomic E-state index is -0.833. The SMILES string of the molecule is NC1(C(=O)Nc2ccc(-c3cn4c(n3)CCCC4)cc2)CCOCC1. The summed E-state index contributed by atoms with van der Waals surface area (Å²) < 4.78 is 7.54. The number of aryl methyl sites for hydroxylation is 2. The summed E-state index contributed by atoms with van der Waals surface area (Å²) in [4.78, 5) is 17.2. The van der Waals surface area contributed by atoms with Crippen LogP contribution in [0.3, 0.4) is 0 Å². The lowest BCUT2D eigenvalue weighted by molar-refractivity contribution is -0.124. The molecule has 0 bridgehead atoms. The van der Waals surface area contributed by atoms with E-state index in [-0.39, 0.29) is 5.91 Å². The highest BCUT2D eigenvalue weighted by molar-refractivity contribution is 5.98. The number of hydrogen-bond acceptors (Lipinski definition) is 4. The number of nitrogens with zero attached hydrogens (tertiary/aromatic N) is 2. The van der Waals surface area contributed by atoms with Crippen molar-refractivity contribution in [1.29, 1.82) is 0 Å². The lowest BCUT2D eigenvalue weighted by atomic mass is 9.90. The molecule has 6 heteroatoms. The van der Waals surface area contributed by atoms with E-state index in [4.69, 9.17) is 15.5 Å². The quantitative estimate of drug-likeness (QED) is 0.898. The Morgan fingerprint density at radius 2 is 1.96 bits per heavy atom. The molecule has 2 aliphatic heterocycles. The Morgan fingerprint density at radius 1 is 1.20 bits per heavy atom. The summed E-state index contributed by atoms with van der Waals surface area (Å²) in [5.41, 5.74) is 8.21. The van der Waals surface area contributed by atoms with E-state index in [1.807, 2.05) is 24.3 Å². The first-order valence-corrected chi connectivity index (χ1v) is 8.99. The molecule has 1 aromatic carbocycles. The van der Waals surface area contributed by atoms with Gasteiger partial charge in [0.1, 0.15) is 11.4 Å². The van der Waals surface area contributed by atoms with Crippen LogP contribution in [0.4, 0.5) is 5.69 Å². The number of benzene rings is 1. The zero-order chi connectivity index (χ0) is 17.3. The number of carbonyl (C=O) groups is 1. The average Bonchev–Trinajstić information content (AvgIpc) is 3.07. The van der Waals surface area contributed by atoms with E-state index in [2.05, 4.69) is 16.1 Å². The Kier molecular flexibility index (Phi) is 4.31. The van der Waals surface area contributed by atoms with Crippen LogP contribution in [0.15, 0.2) is 30.5 Å². The first-order valence-electron chi connectivity index (χ1n) is 8.99. The minimum Gasteiger partial charge on any atom is -0.381 e. The highest BCUT2D eigenvalue weighted by atomic mass is 16.5. The smallest absolute Gasteiger partial charge is 0.244 e. The maximum absolute atomic E-state index is 12.5. The Balaban J connectivity index is 1.46. The standard InChI is InChI=1S/C19H24N4O2/c20-19(8-11-25-12-9-19)18(24)21-15-6-4-14(5-7-15)16-13-23-10-2-1-3-17(23)22-16/h4-7,13H,1-3,8-12,20H2,(H,21,24). The van der Waals surface area contributed by atoms with Crippen molar-refractivity contribution in [3.05, 3.63) is 36.3 Å². The van der Waals surface area contributed by atoms with Crippen LogP contribution in [-0.4, -0.2) is 34.2 Å². The number of amides is 1. The van der Waals surface area contributed by atoms with Crippen molar-refractivity contribution in [2.45, 2.75) is 44.2 Å². The summed E-state index contributed by atoms with van der Waals surface area (Å²) in [5, 5.41) is 2.93. The van der Waals surface area contributed by atoms with Gasteiger partial charge in [0.15, 0.2) is 0 Å². The molecule has 0 spiro atoms. The van der Waals surface area contributed by atoms with Crippen molar-refractivity contribution in [2.24, 2.45) is 5.73 Å². The van der Waals surface area contributed by atoms with Gasteiger partial charge in [-0.15, -0.1) is 0 Å². The number of fused-ring (bicyclic) bond motifs is 1. The number of aromatic nitrogens is 2. The van der Waals surface area contributed by atoms with Crippen molar-refractivity contribution in [1.82, 2.24) is 9.55 Å². The van der Waals surface area contributed by atoms with E-state index in [9.17, 15) is 4.79 Å². The van der Waals surface area contributed by atoms with E-state index in [0.717, 1.165) is 29.9 Å². The molecule has 132 valence electrons. The van der Waals surface area contributed by atoms with Gasteiger partial charge in [0, 0.05) is 43.6 Å². The third kappa shape index (κ3) is 3.32. The fraction of sp³-hybridized carbons (Fsp3) is 0.474. The van der Waals surface area contributed by atoms with Crippen molar-refractivity contribution in [2.75, 3.05) is 18.5 Å². The summed E-state index contributed by atoms with van der Waals surface area (Å²) in [7, 11) is 0. The van der Waals surface area contributed by atoms with Crippen LogP contribution in [-0.2, 0) is 22.5 Å². The van der Waals surface area contributed by atoms with Gasteiger partial charge in [-0.1, -0.05) is 12.1 Å². The minimum absolute atomic E-state index is 0.138. The van der Waals surface area contributed by atoms with Gasteiger partial charge in [-0.25, -0.2) is 4.98 Å². The van der Waals surface area contributed by atoms with E-state index in [0.29, 0.717) is 26.1 Å². The van der Waals surface area contributed by atoms with Gasteiger partial charge in [-0.05, 0) is 37.8 Å². The molecule has 1 fully saturated rings. The predicted octanol–water partition coefficient (Wildman–Crippen LogP) is 2.33. The average molecular weight is 340 g/mol. The normalized spacial score (nSPS) is 19.2. The van der Waals surface area contributed by atoms with Gasteiger partial charge in [-0.3, -0.25) is 4.79 Å². The van der Waals surface area contributed by atoms with Gasteiger partial charge < -0.3 is 20.4 Å². The van der Waals surface area contributed by atoms with Crippen molar-refractivity contribution in [3.8, 4) is 11.3 Å². The molecule has 1 aromatic heterocycles. The molecular weight excluding hydrogens is 316 g/mol. The highest BCUT2D eigenvalue weighted by Gasteiger charge is 2.35. The second-order valence-electron chi connectivity index (χ2n) is 6.99. The Labute approximate surface area is 147 Å². The van der Waals surface area contributed by atoms with Crippen LogP contribution in [0, 0.1) is 0 Å². The third-order valence-electron chi connectivity index (χ3n) is 5.18. The molecule has 2 aromatic rings. The maximum Gasteiger partial charge on any atom is 0.244 e. The number of ether oxygens (including phenoxy) is 1. The molecule has 0 atom stereocenters. The molecular formula is C19H24N4O2. The lowest BCUT2D eigenvalue weighted by Gasteiger charge is -2.31. The second-order valence-corrected chi connectivity index (χ2v) is 6.99. The van der Waals surface area contributed by atoms with Crippen molar-refractivity contribution >= 4 is 11.6 Å². The van der Waals surface area contributed by atoms with E-state index >= 15 is 0 Å². The molecule has 0 aliphatic carbocycles. The second kappa shape index (κ2) is 6.61. The Bertz CT molecular complexity index is 737. The van der Waals surface area contributed by atoms with Gasteiger partial charge in [0.2, 0.25) is 5.91 Å². The molecule has 1 saturated heterocycles. The number of hydrogen-bond donors (Lipinski definition) is 2. The summed E-state index contributed by atoms with van der Waals surface area (Å²) >= 11 is 0. The molecule has 3 heterocycles. The molecule has 0 saturated carbocycles. The largest absolute Gasteiger partial charge is 0.381 e. The van der Waals surface area contributed by atoms with Gasteiger partial charge in [0.05, 0.1) is 5.69 Å². The molecule has 6 nitrogen and oxygen atoms in total. The Morgan fingerprint density at radius 3 is 2.68 bits per heavy atom. The molecule has 2 aliphatic rings. The first kappa shape index (κ1) is 16.3. The number of carbonyl (C=O) groups excluding carboxylic acids is 1. The van der Waals surface area contributed by atoms with Crippen molar-refractivity contribution in [3.63, 3.8) is 0 Å². The van der Waals surface area contributed by atoms with Crippen LogP contribution in [0.25, 0.3) is 11.3 Å². The lowest BCUT2D eigenvalue weighted by Crippen LogP contribution is -2.54. The molecule has 1 amide bonds. The third-order valence-corrected chi connectivity index (χ3v) is 5.18. The van der Waals surface area contributed by atoms with Crippen LogP contribution < -0.4 is 11.1 Å². The van der Waals surface area contributed by atoms with Gasteiger partial charge >= 0.3 is 0 Å². The van der Waals surface area contributed by atoms with E-state index in [1.54, 1.807) is 0 Å². The number of rotatable bonds is 3. The van der Waals surface area contributed by atoms with E-state index in [1.165, 1.54) is 18.7 Å². The van der Waals surface area contributed by atoms with Crippen LogP contribution in [0.5, 0.6) is 0 Å². The van der Waals surface area contributed by atoms with Crippen LogP contribution >= 0.6 is 0 Å². The summed E-state index contributed by atoms with van der Waals surface area (Å²) in [6.45, 7) is 2.13. The number of nitrogens with two attached hydrogens (primary N) is 1. The zero-order valence-corrected chi connectivity index (χ0v) is 14.3. The van der Waals surface area contributed by atoms with E-state index < -0.39 is 5.54 Å². The zero-order valence-electron chi connectivity index (χ0n) is 14.3. The fourth-order valence-corrected chi connectivity index (χ4v) is 3.49. The summed E-state index contributed by atoms with van der Waals surface area (Å²) in [5.74, 6) is 1.03. The molecule has 0 unspecified atom stereocenters. The highest BCUT2D eigenvalue weighted by Crippen LogP contribution is 2.25. The van der Waals surface area contributed by atoms with Crippen molar-refractivity contribution < 1.29 is 9.53 Å². The Hall–Kier alpha value is -2.18. The number of nitrogens with one attached hydrogen (secondary N) is 1. The summed E-state index contributed by atoms with van der Waals surface area (Å²) in [6, 6.07) is 7.82. The summed E-state index contributed by atoms with van der Waals surface area (Å²) in [6.07, 6.45) is 6.72. The maximum atomic E-state index is 12.5. The monoisotopic (exact) mass is 340 g/mol. The topological polar surface area (TPSA) is 82.2 Å². The number of imidazole rings is 1. The van der Waals surface area contributed by atoms with Crippen LogP contribution in [0.2, 0.25) is 0 Å². The molecule has 4 rings (SSSR count).